The van der Waals surface area contributed by atoms with Crippen molar-refractivity contribution in [3.63, 3.8) is 0 Å². The van der Waals surface area contributed by atoms with E-state index in [1.54, 1.807) is 31.2 Å². The van der Waals surface area contributed by atoms with Crippen molar-refractivity contribution in [2.24, 2.45) is 5.92 Å². The third-order valence-electron chi connectivity index (χ3n) is 7.38. The van der Waals surface area contributed by atoms with E-state index in [1.807, 2.05) is 24.3 Å². The molecule has 0 bridgehead atoms. The fourth-order valence-corrected chi connectivity index (χ4v) is 5.24. The maximum atomic E-state index is 14.9. The zero-order valence-corrected chi connectivity index (χ0v) is 19.9. The van der Waals surface area contributed by atoms with E-state index in [2.05, 4.69) is 6.92 Å². The first-order valence-corrected chi connectivity index (χ1v) is 12.4. The molecule has 0 spiro atoms. The Labute approximate surface area is 200 Å². The van der Waals surface area contributed by atoms with Crippen LogP contribution in [-0.2, 0) is 12.8 Å². The molecule has 4 heteroatoms. The van der Waals surface area contributed by atoms with Gasteiger partial charge in [0.1, 0.15) is 0 Å². The minimum Gasteiger partial charge on any atom is -0.203 e. The Morgan fingerprint density at radius 1 is 0.706 bits per heavy atom. The molecular formula is C30H32F4. The first kappa shape index (κ1) is 24.5. The van der Waals surface area contributed by atoms with Crippen LogP contribution in [-0.4, -0.2) is 0 Å². The molecule has 1 aliphatic carbocycles. The van der Waals surface area contributed by atoms with Crippen molar-refractivity contribution in [1.29, 1.82) is 0 Å². The van der Waals surface area contributed by atoms with Crippen LogP contribution in [0.5, 0.6) is 0 Å². The molecule has 0 heterocycles. The van der Waals surface area contributed by atoms with Crippen molar-refractivity contribution in [3.8, 4) is 11.1 Å². The predicted octanol–water partition coefficient (Wildman–Crippen LogP) is 9.08. The molecule has 3 aromatic carbocycles. The Balaban J connectivity index is 1.36. The highest BCUT2D eigenvalue weighted by Crippen LogP contribution is 2.39. The second-order valence-corrected chi connectivity index (χ2v) is 9.70. The molecule has 4 rings (SSSR count). The molecule has 0 saturated heterocycles. The van der Waals surface area contributed by atoms with E-state index in [1.165, 1.54) is 5.56 Å². The van der Waals surface area contributed by atoms with Crippen molar-refractivity contribution in [3.05, 3.63) is 94.1 Å². The van der Waals surface area contributed by atoms with Crippen LogP contribution in [0.1, 0.15) is 73.6 Å². The third-order valence-corrected chi connectivity index (χ3v) is 7.38. The Morgan fingerprint density at radius 3 is 2.09 bits per heavy atom. The van der Waals surface area contributed by atoms with Gasteiger partial charge >= 0.3 is 0 Å². The van der Waals surface area contributed by atoms with Gasteiger partial charge in [-0.1, -0.05) is 61.9 Å². The molecule has 1 fully saturated rings. The van der Waals surface area contributed by atoms with Crippen LogP contribution >= 0.6 is 0 Å². The summed E-state index contributed by atoms with van der Waals surface area (Å²) in [5, 5.41) is 0. The smallest absolute Gasteiger partial charge is 0.166 e. The van der Waals surface area contributed by atoms with Crippen LogP contribution in [0, 0.1) is 36.1 Å². The van der Waals surface area contributed by atoms with Crippen molar-refractivity contribution < 1.29 is 17.6 Å². The monoisotopic (exact) mass is 468 g/mol. The van der Waals surface area contributed by atoms with Crippen molar-refractivity contribution in [2.75, 3.05) is 0 Å². The summed E-state index contributed by atoms with van der Waals surface area (Å²) in [5.41, 5.74) is 3.35. The fraction of sp³-hybridized carbons (Fsp3) is 0.400. The Bertz CT molecular complexity index is 1130. The highest BCUT2D eigenvalue weighted by molar-refractivity contribution is 5.65. The van der Waals surface area contributed by atoms with Gasteiger partial charge in [0.25, 0.3) is 0 Å². The van der Waals surface area contributed by atoms with Crippen LogP contribution in [0.25, 0.3) is 11.1 Å². The molecule has 0 aliphatic heterocycles. The molecule has 34 heavy (non-hydrogen) atoms. The molecule has 0 radical (unpaired) electrons. The zero-order valence-electron chi connectivity index (χ0n) is 19.9. The van der Waals surface area contributed by atoms with Gasteiger partial charge in [-0.25, -0.2) is 17.6 Å². The molecule has 0 N–H and O–H groups in total. The second-order valence-electron chi connectivity index (χ2n) is 9.70. The average molecular weight is 469 g/mol. The lowest BCUT2D eigenvalue weighted by Gasteiger charge is -2.29. The number of hydrogen-bond acceptors (Lipinski definition) is 0. The van der Waals surface area contributed by atoms with Gasteiger partial charge in [-0.2, -0.15) is 0 Å². The lowest BCUT2D eigenvalue weighted by atomic mass is 9.76. The first-order chi connectivity index (χ1) is 16.4. The number of halogens is 4. The highest BCUT2D eigenvalue weighted by atomic mass is 19.2. The topological polar surface area (TPSA) is 0 Å². The fourth-order valence-electron chi connectivity index (χ4n) is 5.24. The standard InChI is InChI=1S/C30H32F4/c1-3-4-20-6-11-23(12-7-20)26-18-16-24(28(32)30(26)34)15-10-21-8-13-22(14-9-21)25-17-5-19(2)27(31)29(25)33/h5-7,11-12,16-18,21-22H,3-4,8-10,13-15H2,1-2H3. The van der Waals surface area contributed by atoms with E-state index in [9.17, 15) is 17.6 Å². The summed E-state index contributed by atoms with van der Waals surface area (Å²) in [4.78, 5) is 0. The van der Waals surface area contributed by atoms with Crippen LogP contribution < -0.4 is 0 Å². The molecule has 0 amide bonds. The SMILES string of the molecule is CCCc1ccc(-c2ccc(CCC3CCC(c4ccc(C)c(F)c4F)CC3)c(F)c2F)cc1. The molecule has 0 atom stereocenters. The second kappa shape index (κ2) is 10.8. The maximum Gasteiger partial charge on any atom is 0.166 e. The van der Waals surface area contributed by atoms with Crippen LogP contribution in [0.2, 0.25) is 0 Å². The van der Waals surface area contributed by atoms with Gasteiger partial charge in [0, 0.05) is 5.56 Å². The lowest BCUT2D eigenvalue weighted by Crippen LogP contribution is -2.16. The van der Waals surface area contributed by atoms with Gasteiger partial charge < -0.3 is 0 Å². The van der Waals surface area contributed by atoms with Gasteiger partial charge in [-0.15, -0.1) is 0 Å². The van der Waals surface area contributed by atoms with E-state index in [-0.39, 0.29) is 11.5 Å². The summed E-state index contributed by atoms with van der Waals surface area (Å²) in [6.07, 6.45) is 6.58. The molecule has 180 valence electrons. The number of hydrogen-bond donors (Lipinski definition) is 0. The van der Waals surface area contributed by atoms with Crippen molar-refractivity contribution >= 4 is 0 Å². The molecular weight excluding hydrogens is 436 g/mol. The summed E-state index contributed by atoms with van der Waals surface area (Å²) < 4.78 is 58.0. The van der Waals surface area contributed by atoms with Crippen LogP contribution in [0.4, 0.5) is 17.6 Å². The van der Waals surface area contributed by atoms with Crippen molar-refractivity contribution in [1.82, 2.24) is 0 Å². The first-order valence-electron chi connectivity index (χ1n) is 12.4. The lowest BCUT2D eigenvalue weighted by molar-refractivity contribution is 0.303. The zero-order chi connectivity index (χ0) is 24.2. The van der Waals surface area contributed by atoms with E-state index < -0.39 is 23.3 Å². The minimum absolute atomic E-state index is 0.0172. The maximum absolute atomic E-state index is 14.9. The quantitative estimate of drug-likeness (QED) is 0.303. The number of benzene rings is 3. The van der Waals surface area contributed by atoms with Crippen molar-refractivity contribution in [2.45, 2.75) is 71.1 Å². The van der Waals surface area contributed by atoms with Gasteiger partial charge in [0.05, 0.1) is 0 Å². The Hall–Kier alpha value is -2.62. The Kier molecular flexibility index (Phi) is 7.75. The van der Waals surface area contributed by atoms with Gasteiger partial charge in [0.15, 0.2) is 23.3 Å². The van der Waals surface area contributed by atoms with E-state index >= 15 is 0 Å². The molecule has 1 saturated carbocycles. The summed E-state index contributed by atoms with van der Waals surface area (Å²) in [6, 6.07) is 14.4. The van der Waals surface area contributed by atoms with Crippen LogP contribution in [0.15, 0.2) is 48.5 Å². The number of aryl methyl sites for hydroxylation is 3. The van der Waals surface area contributed by atoms with E-state index in [0.717, 1.165) is 44.9 Å². The molecule has 0 nitrogen and oxygen atoms in total. The van der Waals surface area contributed by atoms with Gasteiger partial charge in [0.2, 0.25) is 0 Å². The minimum atomic E-state index is -0.790. The third kappa shape index (κ3) is 5.21. The van der Waals surface area contributed by atoms with E-state index in [0.29, 0.717) is 34.6 Å². The summed E-state index contributed by atoms with van der Waals surface area (Å²) in [7, 11) is 0. The highest BCUT2D eigenvalue weighted by Gasteiger charge is 2.26. The van der Waals surface area contributed by atoms with Gasteiger partial charge in [-0.05, 0) is 91.5 Å². The summed E-state index contributed by atoms with van der Waals surface area (Å²) in [5.74, 6) is -2.63. The molecule has 3 aromatic rings. The van der Waals surface area contributed by atoms with Crippen LogP contribution in [0.3, 0.4) is 0 Å². The summed E-state index contributed by atoms with van der Waals surface area (Å²) in [6.45, 7) is 3.68. The Morgan fingerprint density at radius 2 is 1.41 bits per heavy atom. The summed E-state index contributed by atoms with van der Waals surface area (Å²) >= 11 is 0. The largest absolute Gasteiger partial charge is 0.203 e. The van der Waals surface area contributed by atoms with Gasteiger partial charge in [-0.3, -0.25) is 0 Å². The normalized spacial score (nSPS) is 18.3. The average Bonchev–Trinajstić information content (AvgIpc) is 2.85. The molecule has 0 unspecified atom stereocenters. The van der Waals surface area contributed by atoms with E-state index in [4.69, 9.17) is 0 Å². The molecule has 1 aliphatic rings. The molecule has 0 aromatic heterocycles. The number of rotatable bonds is 7. The predicted molar refractivity (Wildman–Crippen MR) is 130 cm³/mol.